The number of hydrogen-bond donors (Lipinski definition) is 3. The summed E-state index contributed by atoms with van der Waals surface area (Å²) in [7, 11) is 0. The van der Waals surface area contributed by atoms with Crippen LogP contribution in [0.4, 0.5) is 5.69 Å². The number of fused-ring (bicyclic) bond motifs is 2. The molecule has 1 atom stereocenters. The minimum absolute atomic E-state index is 0.166. The molecule has 0 saturated carbocycles. The van der Waals surface area contributed by atoms with E-state index in [2.05, 4.69) is 21.7 Å². The van der Waals surface area contributed by atoms with Crippen LogP contribution in [-0.2, 0) is 11.2 Å². The van der Waals surface area contributed by atoms with E-state index in [4.69, 9.17) is 4.74 Å². The predicted octanol–water partition coefficient (Wildman–Crippen LogP) is 2.86. The van der Waals surface area contributed by atoms with Crippen LogP contribution in [0.5, 0.6) is 5.75 Å². The second-order valence-corrected chi connectivity index (χ2v) is 6.33. The first kappa shape index (κ1) is 16.2. The summed E-state index contributed by atoms with van der Waals surface area (Å²) in [5, 5.41) is 6.86. The van der Waals surface area contributed by atoms with Gasteiger partial charge >= 0.3 is 0 Å². The minimum Gasteiger partial charge on any atom is -0.479 e. The Morgan fingerprint density at radius 2 is 2.08 bits per heavy atom. The molecule has 26 heavy (non-hydrogen) atoms. The van der Waals surface area contributed by atoms with Gasteiger partial charge in [-0.1, -0.05) is 18.2 Å². The summed E-state index contributed by atoms with van der Waals surface area (Å²) >= 11 is 0. The van der Waals surface area contributed by atoms with Gasteiger partial charge in [0.05, 0.1) is 5.69 Å². The number of amides is 2. The quantitative estimate of drug-likeness (QED) is 0.677. The molecule has 1 aliphatic rings. The molecule has 0 bridgehead atoms. The van der Waals surface area contributed by atoms with Gasteiger partial charge in [0.1, 0.15) is 5.75 Å². The van der Waals surface area contributed by atoms with Crippen molar-refractivity contribution in [1.82, 2.24) is 10.3 Å². The van der Waals surface area contributed by atoms with Gasteiger partial charge in [0.15, 0.2) is 6.10 Å². The van der Waals surface area contributed by atoms with Crippen molar-refractivity contribution >= 4 is 28.4 Å². The first-order valence-corrected chi connectivity index (χ1v) is 8.56. The lowest BCUT2D eigenvalue weighted by Crippen LogP contribution is -2.34. The van der Waals surface area contributed by atoms with Gasteiger partial charge < -0.3 is 20.4 Å². The van der Waals surface area contributed by atoms with Gasteiger partial charge in [-0.05, 0) is 43.2 Å². The third-order valence-corrected chi connectivity index (χ3v) is 4.53. The fourth-order valence-corrected chi connectivity index (χ4v) is 3.09. The van der Waals surface area contributed by atoms with Crippen molar-refractivity contribution in [2.45, 2.75) is 19.4 Å². The maximum Gasteiger partial charge on any atom is 0.265 e. The van der Waals surface area contributed by atoms with Crippen molar-refractivity contribution in [3.8, 4) is 5.75 Å². The van der Waals surface area contributed by atoms with Crippen molar-refractivity contribution in [3.63, 3.8) is 0 Å². The molecule has 0 aliphatic carbocycles. The lowest BCUT2D eigenvalue weighted by atomic mass is 10.1. The van der Waals surface area contributed by atoms with E-state index in [1.807, 2.05) is 24.4 Å². The number of nitrogens with one attached hydrogen (secondary N) is 3. The first-order chi connectivity index (χ1) is 12.6. The second kappa shape index (κ2) is 6.55. The fraction of sp³-hybridized carbons (Fsp3) is 0.200. The molecule has 0 fully saturated rings. The second-order valence-electron chi connectivity index (χ2n) is 6.33. The number of rotatable bonds is 4. The SMILES string of the molecule is CC1Oc2cc(C(=O)NCCc3c[nH]c4ccccc34)ccc2NC1=O. The summed E-state index contributed by atoms with van der Waals surface area (Å²) in [5.74, 6) is 0.163. The zero-order valence-corrected chi connectivity index (χ0v) is 14.3. The molecule has 4 rings (SSSR count). The van der Waals surface area contributed by atoms with Crippen LogP contribution in [0.25, 0.3) is 10.9 Å². The summed E-state index contributed by atoms with van der Waals surface area (Å²) in [6.07, 6.45) is 2.15. The van der Waals surface area contributed by atoms with Crippen LogP contribution >= 0.6 is 0 Å². The van der Waals surface area contributed by atoms with E-state index in [-0.39, 0.29) is 11.8 Å². The molecule has 2 heterocycles. The number of carbonyl (C=O) groups is 2. The Bertz CT molecular complexity index is 993. The van der Waals surface area contributed by atoms with Gasteiger partial charge in [0, 0.05) is 29.2 Å². The van der Waals surface area contributed by atoms with Crippen LogP contribution < -0.4 is 15.4 Å². The molecule has 2 aromatic carbocycles. The highest BCUT2D eigenvalue weighted by Gasteiger charge is 2.24. The number of para-hydroxylation sites is 1. The summed E-state index contributed by atoms with van der Waals surface area (Å²) < 4.78 is 5.55. The molecule has 2 amide bonds. The van der Waals surface area contributed by atoms with Gasteiger partial charge in [-0.15, -0.1) is 0 Å². The molecule has 1 aliphatic heterocycles. The minimum atomic E-state index is -0.567. The largest absolute Gasteiger partial charge is 0.479 e. The van der Waals surface area contributed by atoms with Crippen LogP contribution in [0.3, 0.4) is 0 Å². The Balaban J connectivity index is 1.41. The average Bonchev–Trinajstić information content (AvgIpc) is 3.05. The van der Waals surface area contributed by atoms with Gasteiger partial charge in [-0.3, -0.25) is 9.59 Å². The third-order valence-electron chi connectivity index (χ3n) is 4.53. The molecule has 6 nitrogen and oxygen atoms in total. The topological polar surface area (TPSA) is 83.2 Å². The number of aromatic amines is 1. The smallest absolute Gasteiger partial charge is 0.265 e. The van der Waals surface area contributed by atoms with E-state index in [0.717, 1.165) is 11.9 Å². The van der Waals surface area contributed by atoms with Crippen molar-refractivity contribution < 1.29 is 14.3 Å². The highest BCUT2D eigenvalue weighted by atomic mass is 16.5. The number of carbonyl (C=O) groups excluding carboxylic acids is 2. The van der Waals surface area contributed by atoms with Crippen LogP contribution in [-0.4, -0.2) is 29.4 Å². The number of H-pyrrole nitrogens is 1. The maximum absolute atomic E-state index is 12.4. The standard InChI is InChI=1S/C20H19N3O3/c1-12-19(24)23-17-7-6-13(10-18(17)26-12)20(25)21-9-8-14-11-22-16-5-3-2-4-15(14)16/h2-7,10-12,22H,8-9H2,1H3,(H,21,25)(H,23,24). The average molecular weight is 349 g/mol. The van der Waals surface area contributed by atoms with E-state index < -0.39 is 6.10 Å². The highest BCUT2D eigenvalue weighted by molar-refractivity contribution is 6.00. The number of benzene rings is 2. The van der Waals surface area contributed by atoms with Crippen molar-refractivity contribution in [2.24, 2.45) is 0 Å². The lowest BCUT2D eigenvalue weighted by Gasteiger charge is -2.23. The van der Waals surface area contributed by atoms with Gasteiger partial charge in [-0.2, -0.15) is 0 Å². The molecule has 0 saturated heterocycles. The molecule has 1 unspecified atom stereocenters. The molecular formula is C20H19N3O3. The van der Waals surface area contributed by atoms with E-state index in [0.29, 0.717) is 23.5 Å². The van der Waals surface area contributed by atoms with E-state index in [9.17, 15) is 9.59 Å². The molecule has 0 radical (unpaired) electrons. The number of anilines is 1. The van der Waals surface area contributed by atoms with E-state index >= 15 is 0 Å². The lowest BCUT2D eigenvalue weighted by molar-refractivity contribution is -0.122. The molecular weight excluding hydrogens is 330 g/mol. The first-order valence-electron chi connectivity index (χ1n) is 8.56. The summed E-state index contributed by atoms with van der Waals surface area (Å²) in [6, 6.07) is 13.1. The van der Waals surface area contributed by atoms with Crippen LogP contribution in [0.15, 0.2) is 48.7 Å². The zero-order chi connectivity index (χ0) is 18.1. The Labute approximate surface area is 150 Å². The van der Waals surface area contributed by atoms with Gasteiger partial charge in [0.25, 0.3) is 11.8 Å². The van der Waals surface area contributed by atoms with E-state index in [1.165, 1.54) is 10.9 Å². The normalized spacial score (nSPS) is 15.9. The predicted molar refractivity (Wildman–Crippen MR) is 99.5 cm³/mol. The number of hydrogen-bond acceptors (Lipinski definition) is 3. The monoisotopic (exact) mass is 349 g/mol. The Kier molecular flexibility index (Phi) is 4.08. The highest BCUT2D eigenvalue weighted by Crippen LogP contribution is 2.30. The summed E-state index contributed by atoms with van der Waals surface area (Å²) in [6.45, 7) is 2.21. The van der Waals surface area contributed by atoms with Crippen molar-refractivity contribution in [2.75, 3.05) is 11.9 Å². The van der Waals surface area contributed by atoms with Crippen LogP contribution in [0.2, 0.25) is 0 Å². The third kappa shape index (κ3) is 3.01. The molecule has 6 heteroatoms. The molecule has 1 aromatic heterocycles. The van der Waals surface area contributed by atoms with Crippen LogP contribution in [0.1, 0.15) is 22.8 Å². The number of ether oxygens (including phenoxy) is 1. The Morgan fingerprint density at radius 3 is 2.96 bits per heavy atom. The Morgan fingerprint density at radius 1 is 1.23 bits per heavy atom. The van der Waals surface area contributed by atoms with Crippen LogP contribution in [0, 0.1) is 0 Å². The molecule has 3 aromatic rings. The van der Waals surface area contributed by atoms with Gasteiger partial charge in [0.2, 0.25) is 0 Å². The van der Waals surface area contributed by atoms with Gasteiger partial charge in [-0.25, -0.2) is 0 Å². The summed E-state index contributed by atoms with van der Waals surface area (Å²) in [5.41, 5.74) is 3.36. The Hall–Kier alpha value is -3.28. The molecule has 132 valence electrons. The molecule has 3 N–H and O–H groups in total. The fourth-order valence-electron chi connectivity index (χ4n) is 3.09. The van der Waals surface area contributed by atoms with Crippen molar-refractivity contribution in [3.05, 3.63) is 59.8 Å². The molecule has 0 spiro atoms. The maximum atomic E-state index is 12.4. The van der Waals surface area contributed by atoms with E-state index in [1.54, 1.807) is 25.1 Å². The number of aromatic nitrogens is 1. The van der Waals surface area contributed by atoms with Crippen molar-refractivity contribution in [1.29, 1.82) is 0 Å². The zero-order valence-electron chi connectivity index (χ0n) is 14.3. The summed E-state index contributed by atoms with van der Waals surface area (Å²) in [4.78, 5) is 27.2.